The molecule has 5 rings (SSSR count). The maximum Gasteiger partial charge on any atom is 0.293 e. The third-order valence-electron chi connectivity index (χ3n) is 6.23. The fourth-order valence-corrected chi connectivity index (χ4v) is 4.61. The van der Waals surface area contributed by atoms with Crippen molar-refractivity contribution in [1.29, 1.82) is 0 Å². The molecule has 1 fully saturated rings. The highest BCUT2D eigenvalue weighted by Gasteiger charge is 2.37. The first-order chi connectivity index (χ1) is 15.4. The van der Waals surface area contributed by atoms with Crippen molar-refractivity contribution in [1.82, 2.24) is 24.5 Å². The van der Waals surface area contributed by atoms with Crippen molar-refractivity contribution >= 4 is 17.5 Å². The number of ketones is 1. The second kappa shape index (κ2) is 7.89. The van der Waals surface area contributed by atoms with Gasteiger partial charge in [-0.25, -0.2) is 9.50 Å². The van der Waals surface area contributed by atoms with E-state index in [1.165, 1.54) is 0 Å². The van der Waals surface area contributed by atoms with E-state index in [4.69, 9.17) is 9.47 Å². The van der Waals surface area contributed by atoms with Gasteiger partial charge in [0.15, 0.2) is 5.78 Å². The molecule has 0 saturated carbocycles. The third-order valence-corrected chi connectivity index (χ3v) is 6.23. The van der Waals surface area contributed by atoms with Crippen LogP contribution in [0.1, 0.15) is 51.6 Å². The van der Waals surface area contributed by atoms with Gasteiger partial charge >= 0.3 is 0 Å². The van der Waals surface area contributed by atoms with Crippen LogP contribution >= 0.6 is 0 Å². The number of hydrogen-bond donors (Lipinski definition) is 0. The lowest BCUT2D eigenvalue weighted by atomic mass is 9.87. The summed E-state index contributed by atoms with van der Waals surface area (Å²) in [6.07, 6.45) is 1.76. The van der Waals surface area contributed by atoms with Gasteiger partial charge in [-0.05, 0) is 51.0 Å². The number of likely N-dealkylation sites (tertiary alicyclic amines) is 1. The summed E-state index contributed by atoms with van der Waals surface area (Å²) in [7, 11) is 1.57. The lowest BCUT2D eigenvalue weighted by Crippen LogP contribution is -2.46. The number of aryl methyl sites for hydroxylation is 2. The van der Waals surface area contributed by atoms with E-state index in [1.54, 1.807) is 34.7 Å². The quantitative estimate of drug-likeness (QED) is 0.624. The fraction of sp³-hybridized carbons (Fsp3) is 0.435. The van der Waals surface area contributed by atoms with Crippen molar-refractivity contribution < 1.29 is 19.1 Å². The van der Waals surface area contributed by atoms with Crippen molar-refractivity contribution in [3.8, 4) is 11.5 Å². The minimum atomic E-state index is -0.264. The molecule has 2 aromatic heterocycles. The Morgan fingerprint density at radius 3 is 2.88 bits per heavy atom. The van der Waals surface area contributed by atoms with E-state index in [0.29, 0.717) is 42.4 Å². The number of benzene rings is 1. The van der Waals surface area contributed by atoms with E-state index in [0.717, 1.165) is 24.2 Å². The van der Waals surface area contributed by atoms with Crippen molar-refractivity contribution in [3.05, 3.63) is 47.0 Å². The molecule has 0 aliphatic carbocycles. The summed E-state index contributed by atoms with van der Waals surface area (Å²) in [5, 5.41) is 4.38. The standard InChI is InChI=1S/C23H25N5O4/c1-13-9-14(2)28-23(24-13)25-21(26-28)22(30)27-8-4-5-15(12-27)20-11-18(29)17-10-16(31-3)6-7-19(17)32-20/h6-7,9-10,15,20H,4-5,8,11-12H2,1-3H3. The van der Waals surface area contributed by atoms with Gasteiger partial charge in [0.25, 0.3) is 11.7 Å². The molecule has 2 atom stereocenters. The minimum absolute atomic E-state index is 0.0394. The Morgan fingerprint density at radius 2 is 2.06 bits per heavy atom. The summed E-state index contributed by atoms with van der Waals surface area (Å²) in [5.41, 5.74) is 2.26. The van der Waals surface area contributed by atoms with Crippen LogP contribution in [0.25, 0.3) is 5.78 Å². The maximum absolute atomic E-state index is 13.2. The van der Waals surface area contributed by atoms with Gasteiger partial charge in [0.1, 0.15) is 17.6 Å². The van der Waals surface area contributed by atoms with Crippen molar-refractivity contribution in [3.63, 3.8) is 0 Å². The number of Topliss-reactive ketones (excluding diaryl/α,β-unsaturated/α-hetero) is 1. The molecule has 2 aliphatic rings. The molecule has 32 heavy (non-hydrogen) atoms. The summed E-state index contributed by atoms with van der Waals surface area (Å²) in [6.45, 7) is 4.93. The van der Waals surface area contributed by atoms with E-state index < -0.39 is 0 Å². The summed E-state index contributed by atoms with van der Waals surface area (Å²) in [6, 6.07) is 7.19. The SMILES string of the molecule is COc1ccc2c(c1)C(=O)CC(C1CCCN(C(=O)c3nc4nc(C)cc(C)n4n3)C1)O2. The molecular formula is C23H25N5O4. The van der Waals surface area contributed by atoms with E-state index in [1.807, 2.05) is 19.9 Å². The van der Waals surface area contributed by atoms with E-state index in [9.17, 15) is 9.59 Å². The van der Waals surface area contributed by atoms with Crippen LogP contribution in [0.15, 0.2) is 24.3 Å². The number of carbonyl (C=O) groups is 2. The summed E-state index contributed by atoms with van der Waals surface area (Å²) in [5.74, 6) is 1.66. The van der Waals surface area contributed by atoms with Crippen LogP contribution in [0.3, 0.4) is 0 Å². The predicted octanol–water partition coefficient (Wildman–Crippen LogP) is 2.64. The van der Waals surface area contributed by atoms with Crippen LogP contribution in [0.2, 0.25) is 0 Å². The smallest absolute Gasteiger partial charge is 0.293 e. The Kier molecular flexibility index (Phi) is 5.03. The zero-order valence-corrected chi connectivity index (χ0v) is 18.4. The molecule has 4 heterocycles. The molecule has 1 amide bonds. The van der Waals surface area contributed by atoms with Gasteiger partial charge in [0.05, 0.1) is 12.7 Å². The van der Waals surface area contributed by atoms with Crippen LogP contribution in [-0.2, 0) is 0 Å². The molecule has 9 heteroatoms. The monoisotopic (exact) mass is 435 g/mol. The maximum atomic E-state index is 13.2. The first kappa shape index (κ1) is 20.4. The van der Waals surface area contributed by atoms with E-state index >= 15 is 0 Å². The van der Waals surface area contributed by atoms with Crippen LogP contribution in [0.4, 0.5) is 0 Å². The van der Waals surface area contributed by atoms with Gasteiger partial charge in [-0.2, -0.15) is 4.98 Å². The van der Waals surface area contributed by atoms with Crippen LogP contribution in [-0.4, -0.2) is 62.5 Å². The number of nitrogens with zero attached hydrogens (tertiary/aromatic N) is 5. The molecule has 2 aliphatic heterocycles. The first-order valence-electron chi connectivity index (χ1n) is 10.8. The van der Waals surface area contributed by atoms with Crippen LogP contribution in [0, 0.1) is 19.8 Å². The van der Waals surface area contributed by atoms with E-state index in [-0.39, 0.29) is 29.5 Å². The Balaban J connectivity index is 1.34. The lowest BCUT2D eigenvalue weighted by Gasteiger charge is -2.38. The molecule has 166 valence electrons. The Bertz CT molecular complexity index is 1220. The van der Waals surface area contributed by atoms with Crippen LogP contribution < -0.4 is 9.47 Å². The first-order valence-corrected chi connectivity index (χ1v) is 10.8. The predicted molar refractivity (Wildman–Crippen MR) is 115 cm³/mol. The van der Waals surface area contributed by atoms with Crippen molar-refractivity contribution in [2.45, 2.75) is 39.2 Å². The van der Waals surface area contributed by atoms with Gasteiger partial charge < -0.3 is 14.4 Å². The number of aromatic nitrogens is 4. The van der Waals surface area contributed by atoms with Gasteiger partial charge in [-0.15, -0.1) is 5.10 Å². The number of rotatable bonds is 3. The van der Waals surface area contributed by atoms with Crippen LogP contribution in [0.5, 0.6) is 11.5 Å². The molecule has 3 aromatic rings. The average Bonchev–Trinajstić information content (AvgIpc) is 3.23. The molecule has 1 saturated heterocycles. The Labute approximate surface area is 185 Å². The highest BCUT2D eigenvalue weighted by Crippen LogP contribution is 2.35. The number of methoxy groups -OCH3 is 1. The number of hydrogen-bond acceptors (Lipinski definition) is 7. The topological polar surface area (TPSA) is 98.9 Å². The molecule has 9 nitrogen and oxygen atoms in total. The highest BCUT2D eigenvalue weighted by atomic mass is 16.5. The van der Waals surface area contributed by atoms with Gasteiger partial charge in [-0.1, -0.05) is 0 Å². The largest absolute Gasteiger partial charge is 0.497 e. The molecule has 2 unspecified atom stereocenters. The zero-order chi connectivity index (χ0) is 22.4. The molecule has 0 N–H and O–H groups in total. The number of carbonyl (C=O) groups excluding carboxylic acids is 2. The second-order valence-electron chi connectivity index (χ2n) is 8.49. The molecule has 0 bridgehead atoms. The zero-order valence-electron chi connectivity index (χ0n) is 18.4. The summed E-state index contributed by atoms with van der Waals surface area (Å²) < 4.78 is 13.0. The fourth-order valence-electron chi connectivity index (χ4n) is 4.61. The highest BCUT2D eigenvalue weighted by molar-refractivity contribution is 6.00. The lowest BCUT2D eigenvalue weighted by molar-refractivity contribution is 0.0402. The summed E-state index contributed by atoms with van der Waals surface area (Å²) in [4.78, 5) is 36.4. The Hall–Kier alpha value is -3.49. The number of piperidine rings is 1. The molecule has 0 radical (unpaired) electrons. The molecular weight excluding hydrogens is 410 g/mol. The number of fused-ring (bicyclic) bond motifs is 2. The number of ether oxygens (including phenoxy) is 2. The second-order valence-corrected chi connectivity index (χ2v) is 8.49. The Morgan fingerprint density at radius 1 is 1.22 bits per heavy atom. The normalized spacial score (nSPS) is 20.7. The minimum Gasteiger partial charge on any atom is -0.497 e. The van der Waals surface area contributed by atoms with E-state index in [2.05, 4.69) is 15.1 Å². The van der Waals surface area contributed by atoms with Crippen molar-refractivity contribution in [2.24, 2.45) is 5.92 Å². The average molecular weight is 435 g/mol. The van der Waals surface area contributed by atoms with Gasteiger partial charge in [0.2, 0.25) is 5.82 Å². The molecule has 0 spiro atoms. The van der Waals surface area contributed by atoms with Crippen molar-refractivity contribution in [2.75, 3.05) is 20.2 Å². The third kappa shape index (κ3) is 3.57. The molecule has 1 aromatic carbocycles. The summed E-state index contributed by atoms with van der Waals surface area (Å²) >= 11 is 0. The van der Waals surface area contributed by atoms with Gasteiger partial charge in [-0.3, -0.25) is 9.59 Å². The van der Waals surface area contributed by atoms with Gasteiger partial charge in [0, 0.05) is 36.8 Å². The number of amides is 1.